The van der Waals surface area contributed by atoms with Crippen LogP contribution in [0.25, 0.3) is 0 Å². The third-order valence-corrected chi connectivity index (χ3v) is 5.12. The molecule has 1 unspecified atom stereocenters. The van der Waals surface area contributed by atoms with E-state index in [0.29, 0.717) is 0 Å². The Morgan fingerprint density at radius 1 is 1.38 bits per heavy atom. The number of aliphatic hydroxyl groups is 3. The molecule has 0 amide bonds. The molecule has 1 aromatic heterocycles. The van der Waals surface area contributed by atoms with Gasteiger partial charge in [-0.15, -0.1) is 0 Å². The zero-order valence-electron chi connectivity index (χ0n) is 11.8. The Morgan fingerprint density at radius 2 is 1.95 bits per heavy atom. The van der Waals surface area contributed by atoms with Crippen molar-refractivity contribution in [1.29, 1.82) is 0 Å². The zero-order chi connectivity index (χ0) is 16.2. The normalized spacial score (nSPS) is 39.7. The second-order valence-electron chi connectivity index (χ2n) is 5.72. The predicted octanol–water partition coefficient (Wildman–Crippen LogP) is -1.08. The second kappa shape index (κ2) is 4.88. The molecule has 0 spiro atoms. The van der Waals surface area contributed by atoms with Crippen LogP contribution in [0.2, 0.25) is 0 Å². The Kier molecular flexibility index (Phi) is 3.86. The van der Waals surface area contributed by atoms with Crippen LogP contribution < -0.4 is 11.2 Å². The molecule has 0 saturated carbocycles. The minimum atomic E-state index is -1.87. The topological polar surface area (TPSA) is 125 Å². The van der Waals surface area contributed by atoms with Crippen LogP contribution >= 0.6 is 22.6 Å². The van der Waals surface area contributed by atoms with Gasteiger partial charge in [-0.2, -0.15) is 0 Å². The Labute approximate surface area is 133 Å². The van der Waals surface area contributed by atoms with Crippen molar-refractivity contribution in [1.82, 2.24) is 9.55 Å². The number of aromatic amines is 1. The number of aliphatic hydroxyl groups excluding tert-OH is 1. The number of halogens is 1. The zero-order valence-corrected chi connectivity index (χ0v) is 13.9. The van der Waals surface area contributed by atoms with Crippen LogP contribution in [0.15, 0.2) is 15.8 Å². The first kappa shape index (κ1) is 16.6. The van der Waals surface area contributed by atoms with Crippen LogP contribution in [0.5, 0.6) is 0 Å². The molecule has 2 rings (SSSR count). The van der Waals surface area contributed by atoms with Crippen LogP contribution in [0.1, 0.15) is 27.0 Å². The third-order valence-electron chi connectivity index (χ3n) is 4.35. The Morgan fingerprint density at radius 3 is 2.43 bits per heavy atom. The molecule has 21 heavy (non-hydrogen) atoms. The number of aromatic nitrogens is 2. The summed E-state index contributed by atoms with van der Waals surface area (Å²) in [7, 11) is 0. The van der Waals surface area contributed by atoms with E-state index in [2.05, 4.69) is 4.98 Å². The lowest BCUT2D eigenvalue weighted by atomic mass is 9.76. The lowest BCUT2D eigenvalue weighted by molar-refractivity contribution is -0.162. The van der Waals surface area contributed by atoms with E-state index in [1.54, 1.807) is 22.6 Å². The number of H-pyrrole nitrogens is 1. The van der Waals surface area contributed by atoms with Gasteiger partial charge >= 0.3 is 5.69 Å². The van der Waals surface area contributed by atoms with Crippen LogP contribution in [0, 0.1) is 3.57 Å². The Balaban J connectivity index is 2.64. The Hall–Kier alpha value is -0.750. The van der Waals surface area contributed by atoms with Crippen molar-refractivity contribution in [3.05, 3.63) is 30.6 Å². The standard InChI is InChI=1S/C12H17IN2O6/c1-10(5-16)12(3,20)11(2,19)8(21-10)15-4-6(13)7(17)14-9(15)18/h4,8,16,19-20H,5H2,1-3H3,(H,14,17,18)/t8-,10-,11-,12?/m1/s1. The number of ether oxygens (including phenoxy) is 1. The summed E-state index contributed by atoms with van der Waals surface area (Å²) in [5, 5.41) is 30.7. The average molecular weight is 412 g/mol. The lowest BCUT2D eigenvalue weighted by Crippen LogP contribution is -2.60. The Bertz CT molecular complexity index is 679. The molecular weight excluding hydrogens is 395 g/mol. The monoisotopic (exact) mass is 412 g/mol. The summed E-state index contributed by atoms with van der Waals surface area (Å²) in [6.07, 6.45) is -0.0254. The van der Waals surface area contributed by atoms with Crippen molar-refractivity contribution in [3.8, 4) is 0 Å². The van der Waals surface area contributed by atoms with E-state index in [-0.39, 0.29) is 3.57 Å². The maximum Gasteiger partial charge on any atom is 0.330 e. The number of hydrogen-bond donors (Lipinski definition) is 4. The number of nitrogens with zero attached hydrogens (tertiary/aromatic N) is 1. The molecule has 2 heterocycles. The number of nitrogens with one attached hydrogen (secondary N) is 1. The van der Waals surface area contributed by atoms with Gasteiger partial charge in [0, 0.05) is 6.20 Å². The molecule has 9 heteroatoms. The summed E-state index contributed by atoms with van der Waals surface area (Å²) in [6.45, 7) is 3.51. The molecule has 118 valence electrons. The highest BCUT2D eigenvalue weighted by Gasteiger charge is 2.67. The molecule has 4 N–H and O–H groups in total. The first-order valence-electron chi connectivity index (χ1n) is 6.22. The molecule has 1 aliphatic heterocycles. The first-order valence-corrected chi connectivity index (χ1v) is 7.30. The number of rotatable bonds is 2. The third kappa shape index (κ3) is 2.18. The van der Waals surface area contributed by atoms with Crippen molar-refractivity contribution in [2.45, 2.75) is 43.8 Å². The van der Waals surface area contributed by atoms with Gasteiger partial charge in [0.25, 0.3) is 5.56 Å². The molecule has 4 atom stereocenters. The molecule has 0 radical (unpaired) electrons. The maximum atomic E-state index is 11.9. The summed E-state index contributed by atoms with van der Waals surface area (Å²) in [4.78, 5) is 25.5. The van der Waals surface area contributed by atoms with Crippen molar-refractivity contribution in [2.24, 2.45) is 0 Å². The van der Waals surface area contributed by atoms with E-state index in [9.17, 15) is 24.9 Å². The predicted molar refractivity (Wildman–Crippen MR) is 80.9 cm³/mol. The largest absolute Gasteiger partial charge is 0.393 e. The fraction of sp³-hybridized carbons (Fsp3) is 0.667. The van der Waals surface area contributed by atoms with E-state index in [0.717, 1.165) is 4.57 Å². The highest BCUT2D eigenvalue weighted by atomic mass is 127. The smallest absolute Gasteiger partial charge is 0.330 e. The van der Waals surface area contributed by atoms with Crippen molar-refractivity contribution in [2.75, 3.05) is 6.61 Å². The SMILES string of the molecule is CC1(O)[C@@](C)(CO)O[C@@H](n2cc(I)c(=O)[nH]c2=O)[C@@]1(C)O. The summed E-state index contributed by atoms with van der Waals surface area (Å²) in [6, 6.07) is 0. The molecule has 1 saturated heterocycles. The van der Waals surface area contributed by atoms with E-state index >= 15 is 0 Å². The van der Waals surface area contributed by atoms with Crippen LogP contribution in [0.3, 0.4) is 0 Å². The van der Waals surface area contributed by atoms with Gasteiger partial charge in [0.2, 0.25) is 0 Å². The van der Waals surface area contributed by atoms with E-state index in [1.807, 2.05) is 0 Å². The van der Waals surface area contributed by atoms with Crippen LogP contribution in [-0.4, -0.2) is 48.3 Å². The molecule has 0 bridgehead atoms. The van der Waals surface area contributed by atoms with E-state index < -0.39 is 40.9 Å². The highest BCUT2D eigenvalue weighted by molar-refractivity contribution is 14.1. The molecule has 1 aliphatic rings. The van der Waals surface area contributed by atoms with Gasteiger partial charge in [-0.1, -0.05) is 0 Å². The molecule has 1 aromatic rings. The van der Waals surface area contributed by atoms with Crippen molar-refractivity contribution in [3.63, 3.8) is 0 Å². The van der Waals surface area contributed by atoms with Crippen molar-refractivity contribution >= 4 is 22.6 Å². The molecule has 1 fully saturated rings. The van der Waals surface area contributed by atoms with Crippen molar-refractivity contribution < 1.29 is 20.1 Å². The number of hydrogen-bond acceptors (Lipinski definition) is 6. The van der Waals surface area contributed by atoms with Crippen LogP contribution in [0.4, 0.5) is 0 Å². The molecule has 0 aliphatic carbocycles. The fourth-order valence-corrected chi connectivity index (χ4v) is 2.84. The summed E-state index contributed by atoms with van der Waals surface area (Å²) in [5.41, 5.74) is -6.48. The van der Waals surface area contributed by atoms with E-state index in [4.69, 9.17) is 4.74 Å². The maximum absolute atomic E-state index is 11.9. The second-order valence-corrected chi connectivity index (χ2v) is 6.88. The first-order chi connectivity index (χ1) is 9.48. The van der Waals surface area contributed by atoms with Gasteiger partial charge in [-0.3, -0.25) is 14.3 Å². The highest BCUT2D eigenvalue weighted by Crippen LogP contribution is 2.50. The fourth-order valence-electron chi connectivity index (χ4n) is 2.41. The summed E-state index contributed by atoms with van der Waals surface area (Å²) < 4.78 is 6.80. The molecular formula is C12H17IN2O6. The average Bonchev–Trinajstić information content (AvgIpc) is 2.52. The summed E-state index contributed by atoms with van der Waals surface area (Å²) >= 11 is 1.74. The van der Waals surface area contributed by atoms with Gasteiger partial charge < -0.3 is 20.1 Å². The van der Waals surface area contributed by atoms with Gasteiger partial charge in [-0.05, 0) is 43.4 Å². The quantitative estimate of drug-likeness (QED) is 0.459. The minimum absolute atomic E-state index is 0.226. The van der Waals surface area contributed by atoms with Gasteiger partial charge in [0.05, 0.1) is 10.2 Å². The molecule has 0 aromatic carbocycles. The lowest BCUT2D eigenvalue weighted by Gasteiger charge is -2.39. The van der Waals surface area contributed by atoms with Gasteiger partial charge in [0.15, 0.2) is 6.23 Å². The van der Waals surface area contributed by atoms with Crippen LogP contribution in [-0.2, 0) is 4.74 Å². The molecule has 8 nitrogen and oxygen atoms in total. The van der Waals surface area contributed by atoms with Gasteiger partial charge in [-0.25, -0.2) is 4.79 Å². The minimum Gasteiger partial charge on any atom is -0.393 e. The van der Waals surface area contributed by atoms with E-state index in [1.165, 1.54) is 27.0 Å². The van der Waals surface area contributed by atoms with Gasteiger partial charge in [0.1, 0.15) is 16.8 Å². The summed E-state index contributed by atoms with van der Waals surface area (Å²) in [5.74, 6) is 0.